The zero-order valence-corrected chi connectivity index (χ0v) is 22.4. The number of alkyl halides is 1. The van der Waals surface area contributed by atoms with Crippen molar-refractivity contribution < 1.29 is 9.59 Å². The Morgan fingerprint density at radius 3 is 1.83 bits per heavy atom. The Bertz CT molecular complexity index is 938. The minimum atomic E-state index is -0.370. The minimum Gasteiger partial charge on any atom is -0.324 e. The first-order valence-electron chi connectivity index (χ1n) is 9.99. The van der Waals surface area contributed by atoms with Gasteiger partial charge in [0.1, 0.15) is 0 Å². The van der Waals surface area contributed by atoms with Crippen LogP contribution < -0.4 is 21.7 Å². The fraction of sp³-hybridized carbons (Fsp3) is 0.208. The second-order valence-electron chi connectivity index (χ2n) is 6.38. The average molecular weight is 598 g/mol. The van der Waals surface area contributed by atoms with Crippen molar-refractivity contribution in [3.63, 3.8) is 0 Å². The number of carbonyl (C=O) groups excluding carboxylic acids is 2. The standard InChI is InChI=1S/C9H9ClN2O.C6H7ClN2.C5H5N.C3H4Cl2O.CH4.ClH/c10-7-1-3-8(4-2-7)12-6-5-9(13)11-12;7-5-1-3-6(9-8)4-2-5;1-2-4-6-5-3-1;4-2-1-3(5)6;;/h1-4H,5-6H2,(H,11,13);1-4,9H,8H2;1-5H;1-2H2;1H4;1H. The molecule has 198 valence electrons. The Hall–Kier alpha value is -2.26. The van der Waals surface area contributed by atoms with Crippen molar-refractivity contribution in [3.05, 3.63) is 89.2 Å². The Labute approximate surface area is 238 Å². The molecule has 1 amide bonds. The van der Waals surface area contributed by atoms with Crippen LogP contribution in [0.15, 0.2) is 79.1 Å². The molecular weight excluding hydrogens is 568 g/mol. The zero-order valence-electron chi connectivity index (χ0n) is 18.5. The van der Waals surface area contributed by atoms with Crippen molar-refractivity contribution >= 4 is 81.3 Å². The number of nitrogens with zero attached hydrogens (tertiary/aromatic N) is 2. The van der Waals surface area contributed by atoms with Crippen LogP contribution in [-0.2, 0) is 9.59 Å². The van der Waals surface area contributed by atoms with E-state index in [1.165, 1.54) is 0 Å². The zero-order chi connectivity index (χ0) is 25.2. The van der Waals surface area contributed by atoms with E-state index >= 15 is 0 Å². The lowest BCUT2D eigenvalue weighted by molar-refractivity contribution is -0.119. The topological polar surface area (TPSA) is 100 Å². The van der Waals surface area contributed by atoms with Gasteiger partial charge in [0.15, 0.2) is 0 Å². The quantitative estimate of drug-likeness (QED) is 0.134. The molecule has 2 aromatic carbocycles. The number of nitrogen functional groups attached to an aromatic ring is 1. The van der Waals surface area contributed by atoms with E-state index in [2.05, 4.69) is 15.8 Å². The highest BCUT2D eigenvalue weighted by molar-refractivity contribution is 6.63. The van der Waals surface area contributed by atoms with Crippen molar-refractivity contribution in [3.8, 4) is 0 Å². The van der Waals surface area contributed by atoms with E-state index in [0.29, 0.717) is 22.3 Å². The second kappa shape index (κ2) is 22.0. The van der Waals surface area contributed by atoms with Crippen LogP contribution in [-0.4, -0.2) is 28.6 Å². The van der Waals surface area contributed by atoms with Gasteiger partial charge in [0.05, 0.1) is 5.69 Å². The van der Waals surface area contributed by atoms with Gasteiger partial charge in [-0.25, -0.2) is 0 Å². The Morgan fingerprint density at radius 2 is 1.53 bits per heavy atom. The number of hydrogen-bond acceptors (Lipinski definition) is 6. The van der Waals surface area contributed by atoms with Crippen molar-refractivity contribution in [2.75, 3.05) is 22.9 Å². The van der Waals surface area contributed by atoms with Gasteiger partial charge in [-0.3, -0.25) is 30.9 Å². The number of anilines is 2. The molecule has 4 rings (SSSR count). The molecule has 0 unspecified atom stereocenters. The van der Waals surface area contributed by atoms with Gasteiger partial charge in [0.25, 0.3) is 0 Å². The fourth-order valence-electron chi connectivity index (χ4n) is 2.22. The summed E-state index contributed by atoms with van der Waals surface area (Å²) in [5, 5.41) is 2.87. The first kappa shape index (κ1) is 35.9. The predicted molar refractivity (Wildman–Crippen MR) is 155 cm³/mol. The molecule has 0 saturated carbocycles. The van der Waals surface area contributed by atoms with Gasteiger partial charge in [-0.2, -0.15) is 0 Å². The van der Waals surface area contributed by atoms with Gasteiger partial charge in [-0.1, -0.05) is 36.7 Å². The first-order chi connectivity index (χ1) is 16.3. The Balaban J connectivity index is 0. The molecule has 36 heavy (non-hydrogen) atoms. The van der Waals surface area contributed by atoms with Crippen LogP contribution in [0.5, 0.6) is 0 Å². The van der Waals surface area contributed by atoms with Crippen LogP contribution in [0.2, 0.25) is 10.0 Å². The van der Waals surface area contributed by atoms with Crippen LogP contribution >= 0.6 is 58.8 Å². The van der Waals surface area contributed by atoms with Crippen molar-refractivity contribution in [2.45, 2.75) is 20.3 Å². The molecule has 0 atom stereocenters. The molecule has 1 fully saturated rings. The van der Waals surface area contributed by atoms with Crippen molar-refractivity contribution in [2.24, 2.45) is 5.84 Å². The third-order valence-electron chi connectivity index (χ3n) is 3.83. The molecule has 3 aromatic rings. The lowest BCUT2D eigenvalue weighted by Crippen LogP contribution is -2.32. The number of pyridine rings is 1. The number of nitrogens with two attached hydrogens (primary N) is 1. The van der Waals surface area contributed by atoms with E-state index in [9.17, 15) is 9.59 Å². The largest absolute Gasteiger partial charge is 0.324 e. The highest BCUT2D eigenvalue weighted by Crippen LogP contribution is 2.18. The lowest BCUT2D eigenvalue weighted by atomic mass is 10.3. The van der Waals surface area contributed by atoms with Gasteiger partial charge in [-0.15, -0.1) is 24.0 Å². The fourth-order valence-corrected chi connectivity index (χ4v) is 2.84. The number of carbonyl (C=O) groups is 2. The number of aromatic nitrogens is 1. The summed E-state index contributed by atoms with van der Waals surface area (Å²) in [6, 6.07) is 20.3. The molecule has 12 heteroatoms. The van der Waals surface area contributed by atoms with E-state index in [-0.39, 0.29) is 37.4 Å². The van der Waals surface area contributed by atoms with Crippen LogP contribution in [0, 0.1) is 0 Å². The highest BCUT2D eigenvalue weighted by Gasteiger charge is 2.17. The number of benzene rings is 2. The summed E-state index contributed by atoms with van der Waals surface area (Å²) in [4.78, 5) is 24.4. The summed E-state index contributed by atoms with van der Waals surface area (Å²) in [5.74, 6) is 5.49. The molecule has 1 saturated heterocycles. The van der Waals surface area contributed by atoms with Crippen molar-refractivity contribution in [1.29, 1.82) is 0 Å². The summed E-state index contributed by atoms with van der Waals surface area (Å²) in [5.41, 5.74) is 7.06. The number of amides is 1. The molecule has 4 N–H and O–H groups in total. The molecule has 7 nitrogen and oxygen atoms in total. The minimum absolute atomic E-state index is 0. The molecule has 0 radical (unpaired) electrons. The molecule has 0 spiro atoms. The van der Waals surface area contributed by atoms with Gasteiger partial charge in [0.2, 0.25) is 11.1 Å². The number of halogens is 5. The van der Waals surface area contributed by atoms with Gasteiger partial charge in [0, 0.05) is 53.4 Å². The monoisotopic (exact) mass is 595 g/mol. The smallest absolute Gasteiger partial charge is 0.240 e. The maximum Gasteiger partial charge on any atom is 0.240 e. The highest BCUT2D eigenvalue weighted by atomic mass is 35.5. The molecule has 1 aromatic heterocycles. The Kier molecular flexibility index (Phi) is 21.9. The number of nitrogens with one attached hydrogen (secondary N) is 2. The molecule has 0 bridgehead atoms. The third kappa shape index (κ3) is 17.2. The summed E-state index contributed by atoms with van der Waals surface area (Å²) in [6.07, 6.45) is 4.33. The van der Waals surface area contributed by atoms with E-state index in [1.807, 2.05) is 47.5 Å². The van der Waals surface area contributed by atoms with Crippen LogP contribution in [0.3, 0.4) is 0 Å². The molecule has 1 aliphatic heterocycles. The number of hydrazine groups is 2. The van der Waals surface area contributed by atoms with Crippen LogP contribution in [0.4, 0.5) is 11.4 Å². The molecule has 2 heterocycles. The van der Waals surface area contributed by atoms with Gasteiger partial charge in [-0.05, 0) is 72.3 Å². The number of hydrogen-bond donors (Lipinski definition) is 3. The summed E-state index contributed by atoms with van der Waals surface area (Å²) >= 11 is 21.3. The van der Waals surface area contributed by atoms with E-state index in [4.69, 9.17) is 52.2 Å². The molecule has 0 aliphatic carbocycles. The van der Waals surface area contributed by atoms with E-state index in [1.54, 1.807) is 36.7 Å². The molecular formula is C24H30Cl5N5O2. The van der Waals surface area contributed by atoms with Crippen molar-refractivity contribution in [1.82, 2.24) is 10.4 Å². The van der Waals surface area contributed by atoms with Gasteiger partial charge < -0.3 is 5.43 Å². The van der Waals surface area contributed by atoms with E-state index in [0.717, 1.165) is 17.9 Å². The summed E-state index contributed by atoms with van der Waals surface area (Å²) in [6.45, 7) is 0.723. The van der Waals surface area contributed by atoms with Crippen LogP contribution in [0.25, 0.3) is 0 Å². The lowest BCUT2D eigenvalue weighted by Gasteiger charge is -2.16. The number of rotatable bonds is 4. The summed E-state index contributed by atoms with van der Waals surface area (Å²) in [7, 11) is 0. The SMILES string of the molecule is C.Cl.NNc1ccc(Cl)cc1.O=C(Cl)CCCl.O=C1CCN(c2ccc(Cl)cc2)N1.c1ccncc1. The van der Waals surface area contributed by atoms with E-state index < -0.39 is 0 Å². The maximum absolute atomic E-state index is 10.9. The Morgan fingerprint density at radius 1 is 1.00 bits per heavy atom. The first-order valence-corrected chi connectivity index (χ1v) is 11.7. The average Bonchev–Trinajstić information content (AvgIpc) is 3.28. The third-order valence-corrected chi connectivity index (χ3v) is 4.71. The summed E-state index contributed by atoms with van der Waals surface area (Å²) < 4.78 is 0. The second-order valence-corrected chi connectivity index (χ2v) is 8.06. The normalized spacial score (nSPS) is 10.8. The predicted octanol–water partition coefficient (Wildman–Crippen LogP) is 6.73. The maximum atomic E-state index is 10.9. The van der Waals surface area contributed by atoms with Crippen LogP contribution in [0.1, 0.15) is 20.3 Å². The van der Waals surface area contributed by atoms with Gasteiger partial charge >= 0.3 is 0 Å². The molecule has 1 aliphatic rings.